The zero-order chi connectivity index (χ0) is 37.9. The molecule has 0 amide bonds. The van der Waals surface area contributed by atoms with Gasteiger partial charge in [-0.15, -0.1) is 0 Å². The fraction of sp³-hybridized carbons (Fsp3) is 0.0769. The molecular weight excluding hydrogens is 697 g/mol. The highest BCUT2D eigenvalue weighted by Crippen LogP contribution is 2.58. The highest BCUT2D eigenvalue weighted by molar-refractivity contribution is 6.17. The molecule has 5 heteroatoms. The van der Waals surface area contributed by atoms with Gasteiger partial charge in [0.15, 0.2) is 0 Å². The van der Waals surface area contributed by atoms with Gasteiger partial charge in [-0.2, -0.15) is 0 Å². The predicted molar refractivity (Wildman–Crippen MR) is 233 cm³/mol. The Kier molecular flexibility index (Phi) is 7.93. The van der Waals surface area contributed by atoms with Gasteiger partial charge in [-0.1, -0.05) is 176 Å². The first-order chi connectivity index (χ1) is 28.2. The van der Waals surface area contributed by atoms with Crippen LogP contribution in [0.1, 0.15) is 45.7 Å². The summed E-state index contributed by atoms with van der Waals surface area (Å²) in [5.41, 5.74) is 20.3. The van der Waals surface area contributed by atoms with E-state index < -0.39 is 11.6 Å². The van der Waals surface area contributed by atoms with Crippen molar-refractivity contribution in [1.29, 1.82) is 0 Å². The van der Waals surface area contributed by atoms with Crippen molar-refractivity contribution in [2.75, 3.05) is 0 Å². The molecule has 4 N–H and O–H groups in total. The van der Waals surface area contributed by atoms with Gasteiger partial charge in [0.25, 0.3) is 0 Å². The van der Waals surface area contributed by atoms with Crippen molar-refractivity contribution >= 4 is 43.7 Å². The number of furan rings is 1. The minimum Gasteiger partial charge on any atom is -0.456 e. The standard InChI is InChI=1S/C52H40N4O/c53-50(41-27-16-26-38-37-23-12-15-30-46(37)57-49(38)41)55-51(34-17-4-1-5-18-34)54-33-56-44-29-14-11-25-40(44)48-45(56)32-31-43-47(48)39-24-10-13-28-42(39)52(43,35-19-6-2-7-20-35)36-21-8-3-9-22-36/h1-32,50-51,54-55H,33,53H2. The first-order valence-corrected chi connectivity index (χ1v) is 19.7. The minimum absolute atomic E-state index is 0.268. The molecule has 0 saturated heterocycles. The molecule has 0 radical (unpaired) electrons. The van der Waals surface area contributed by atoms with Crippen molar-refractivity contribution in [3.8, 4) is 11.1 Å². The molecule has 0 bridgehead atoms. The maximum atomic E-state index is 7.06. The Bertz CT molecular complexity index is 3040. The molecule has 0 aliphatic heterocycles. The number of fused-ring (bicyclic) bond motifs is 10. The van der Waals surface area contributed by atoms with Gasteiger partial charge in [0.05, 0.1) is 35.4 Å². The van der Waals surface area contributed by atoms with E-state index in [1.54, 1.807) is 0 Å². The maximum absolute atomic E-state index is 7.06. The zero-order valence-electron chi connectivity index (χ0n) is 31.3. The van der Waals surface area contributed by atoms with Gasteiger partial charge in [-0.05, 0) is 57.1 Å². The van der Waals surface area contributed by atoms with Gasteiger partial charge in [-0.25, -0.2) is 0 Å². The molecule has 274 valence electrons. The van der Waals surface area contributed by atoms with Crippen LogP contribution >= 0.6 is 0 Å². The second-order valence-electron chi connectivity index (χ2n) is 15.0. The topological polar surface area (TPSA) is 68.2 Å². The predicted octanol–water partition coefficient (Wildman–Crippen LogP) is 11.5. The van der Waals surface area contributed by atoms with E-state index in [2.05, 4.69) is 185 Å². The lowest BCUT2D eigenvalue weighted by atomic mass is 9.67. The first kappa shape index (κ1) is 33.6. The Balaban J connectivity index is 1.04. The molecule has 2 heterocycles. The molecule has 0 saturated carbocycles. The summed E-state index contributed by atoms with van der Waals surface area (Å²) < 4.78 is 8.81. The SMILES string of the molecule is NC(NC(NCn1c2ccccc2c2c3c(ccc21)C(c1ccccc1)(c1ccccc1)c1ccccc1-3)c1ccccc1)c1cccc2c1oc1ccccc12. The number of aromatic nitrogens is 1. The van der Waals surface area contributed by atoms with E-state index >= 15 is 0 Å². The van der Waals surface area contributed by atoms with E-state index in [0.29, 0.717) is 6.67 Å². The maximum Gasteiger partial charge on any atom is 0.141 e. The third kappa shape index (κ3) is 5.14. The fourth-order valence-corrected chi connectivity index (χ4v) is 9.62. The summed E-state index contributed by atoms with van der Waals surface area (Å²) >= 11 is 0. The summed E-state index contributed by atoms with van der Waals surface area (Å²) in [7, 11) is 0. The van der Waals surface area contributed by atoms with E-state index in [1.165, 1.54) is 55.2 Å². The number of nitrogens with one attached hydrogen (secondary N) is 2. The number of hydrogen-bond donors (Lipinski definition) is 3. The molecule has 2 atom stereocenters. The Morgan fingerprint density at radius 3 is 1.95 bits per heavy atom. The largest absolute Gasteiger partial charge is 0.456 e. The van der Waals surface area contributed by atoms with Gasteiger partial charge in [0, 0.05) is 27.1 Å². The molecule has 1 aliphatic rings. The summed E-state index contributed by atoms with van der Waals surface area (Å²) in [5.74, 6) is 0. The molecule has 0 spiro atoms. The monoisotopic (exact) mass is 736 g/mol. The van der Waals surface area contributed by atoms with Crippen LogP contribution < -0.4 is 16.4 Å². The Labute approximate surface area is 331 Å². The van der Waals surface area contributed by atoms with Crippen LogP contribution in [0.15, 0.2) is 199 Å². The lowest BCUT2D eigenvalue weighted by molar-refractivity contribution is 0.363. The Hall–Kier alpha value is -6.76. The lowest BCUT2D eigenvalue weighted by Gasteiger charge is -2.33. The van der Waals surface area contributed by atoms with Crippen LogP contribution in [-0.2, 0) is 12.1 Å². The summed E-state index contributed by atoms with van der Waals surface area (Å²) in [6.07, 6.45) is -0.773. The van der Waals surface area contributed by atoms with Gasteiger partial charge in [0.2, 0.25) is 0 Å². The van der Waals surface area contributed by atoms with Crippen molar-refractivity contribution in [3.63, 3.8) is 0 Å². The summed E-state index contributed by atoms with van der Waals surface area (Å²) in [4.78, 5) is 0. The summed E-state index contributed by atoms with van der Waals surface area (Å²) in [6.45, 7) is 0.543. The molecule has 2 unspecified atom stereocenters. The quantitative estimate of drug-likeness (QED) is 0.129. The molecule has 2 aromatic heterocycles. The van der Waals surface area contributed by atoms with Crippen LogP contribution in [0.3, 0.4) is 0 Å². The summed E-state index contributed by atoms with van der Waals surface area (Å²) in [6, 6.07) is 69.4. The van der Waals surface area contributed by atoms with Crippen LogP contribution in [0.5, 0.6) is 0 Å². The van der Waals surface area contributed by atoms with E-state index in [0.717, 1.165) is 33.1 Å². The lowest BCUT2D eigenvalue weighted by Crippen LogP contribution is -2.40. The van der Waals surface area contributed by atoms with Crippen molar-refractivity contribution < 1.29 is 4.42 Å². The van der Waals surface area contributed by atoms with Gasteiger partial charge in [-0.3, -0.25) is 10.6 Å². The van der Waals surface area contributed by atoms with Gasteiger partial charge in [0.1, 0.15) is 11.2 Å². The number of benzene rings is 8. The highest BCUT2D eigenvalue weighted by Gasteiger charge is 2.47. The van der Waals surface area contributed by atoms with Crippen LogP contribution in [0.2, 0.25) is 0 Å². The molecule has 10 aromatic rings. The van der Waals surface area contributed by atoms with Crippen LogP contribution in [0.25, 0.3) is 54.9 Å². The van der Waals surface area contributed by atoms with Gasteiger partial charge >= 0.3 is 0 Å². The summed E-state index contributed by atoms with van der Waals surface area (Å²) in [5, 5.41) is 12.3. The normalized spacial score (nSPS) is 14.3. The van der Waals surface area contributed by atoms with E-state index in [1.807, 2.05) is 24.3 Å². The number of nitrogens with two attached hydrogens (primary N) is 1. The zero-order valence-corrected chi connectivity index (χ0v) is 31.3. The van der Waals surface area contributed by atoms with Crippen molar-refractivity contribution in [1.82, 2.24) is 15.2 Å². The minimum atomic E-state index is -0.506. The average molecular weight is 737 g/mol. The molecule has 1 aliphatic carbocycles. The van der Waals surface area contributed by atoms with E-state index in [4.69, 9.17) is 10.2 Å². The second-order valence-corrected chi connectivity index (χ2v) is 15.0. The smallest absolute Gasteiger partial charge is 0.141 e. The Morgan fingerprint density at radius 1 is 0.544 bits per heavy atom. The second kappa shape index (κ2) is 13.5. The molecular formula is C52H40N4O. The number of para-hydroxylation sites is 3. The van der Waals surface area contributed by atoms with Crippen molar-refractivity contribution in [3.05, 3.63) is 228 Å². The number of hydrogen-bond acceptors (Lipinski definition) is 4. The molecule has 57 heavy (non-hydrogen) atoms. The van der Waals surface area contributed by atoms with Gasteiger partial charge < -0.3 is 14.7 Å². The van der Waals surface area contributed by atoms with Crippen molar-refractivity contribution in [2.45, 2.75) is 24.4 Å². The fourth-order valence-electron chi connectivity index (χ4n) is 9.62. The number of rotatable bonds is 9. The van der Waals surface area contributed by atoms with Crippen LogP contribution in [0, 0.1) is 0 Å². The van der Waals surface area contributed by atoms with E-state index in [-0.39, 0.29) is 6.17 Å². The van der Waals surface area contributed by atoms with Crippen LogP contribution in [0.4, 0.5) is 0 Å². The Morgan fingerprint density at radius 2 is 1.18 bits per heavy atom. The third-order valence-electron chi connectivity index (χ3n) is 12.1. The van der Waals surface area contributed by atoms with Crippen molar-refractivity contribution in [2.24, 2.45) is 5.73 Å². The molecule has 0 fully saturated rings. The third-order valence-corrected chi connectivity index (χ3v) is 12.1. The number of nitrogens with zero attached hydrogens (tertiary/aromatic N) is 1. The average Bonchev–Trinajstić information content (AvgIpc) is 3.92. The first-order valence-electron chi connectivity index (χ1n) is 19.7. The molecule has 5 nitrogen and oxygen atoms in total. The van der Waals surface area contributed by atoms with E-state index in [9.17, 15) is 0 Å². The highest BCUT2D eigenvalue weighted by atomic mass is 16.3. The molecule has 11 rings (SSSR count). The molecule has 8 aromatic carbocycles. The van der Waals surface area contributed by atoms with Crippen LogP contribution in [-0.4, -0.2) is 4.57 Å².